The van der Waals surface area contributed by atoms with E-state index >= 15 is 0 Å². The Labute approximate surface area is 104 Å². The van der Waals surface area contributed by atoms with Gasteiger partial charge in [0.05, 0.1) is 6.04 Å². The lowest BCUT2D eigenvalue weighted by Gasteiger charge is -2.14. The predicted octanol–water partition coefficient (Wildman–Crippen LogP) is 3.02. The van der Waals surface area contributed by atoms with Gasteiger partial charge in [0, 0.05) is 17.5 Å². The van der Waals surface area contributed by atoms with Crippen molar-refractivity contribution in [3.05, 3.63) is 64.5 Å². The van der Waals surface area contributed by atoms with E-state index in [4.69, 9.17) is 5.73 Å². The standard InChI is InChI=1S/C14H14F2N2/c1-8-3-6-11(13(16)12(8)15)14(17)10-5-4-9(2)18-7-10/h3-7,14H,17H2,1-2H3. The van der Waals surface area contributed by atoms with Crippen molar-refractivity contribution in [3.8, 4) is 0 Å². The first kappa shape index (κ1) is 12.6. The molecule has 0 aliphatic carbocycles. The lowest BCUT2D eigenvalue weighted by atomic mass is 9.99. The van der Waals surface area contributed by atoms with Crippen molar-refractivity contribution in [1.29, 1.82) is 0 Å². The Hall–Kier alpha value is -1.81. The normalized spacial score (nSPS) is 12.5. The smallest absolute Gasteiger partial charge is 0.164 e. The number of aromatic nitrogens is 1. The Kier molecular flexibility index (Phi) is 3.39. The molecule has 0 spiro atoms. The van der Waals surface area contributed by atoms with Crippen LogP contribution in [0.2, 0.25) is 0 Å². The first-order valence-corrected chi connectivity index (χ1v) is 5.63. The van der Waals surface area contributed by atoms with Crippen LogP contribution in [0.1, 0.15) is 28.4 Å². The summed E-state index contributed by atoms with van der Waals surface area (Å²) < 4.78 is 27.3. The van der Waals surface area contributed by atoms with E-state index in [2.05, 4.69) is 4.98 Å². The van der Waals surface area contributed by atoms with Gasteiger partial charge in [-0.15, -0.1) is 0 Å². The van der Waals surface area contributed by atoms with Gasteiger partial charge in [-0.2, -0.15) is 0 Å². The number of hydrogen-bond acceptors (Lipinski definition) is 2. The van der Waals surface area contributed by atoms with Crippen molar-refractivity contribution < 1.29 is 8.78 Å². The number of pyridine rings is 1. The highest BCUT2D eigenvalue weighted by Crippen LogP contribution is 2.24. The highest BCUT2D eigenvalue weighted by atomic mass is 19.2. The van der Waals surface area contributed by atoms with Gasteiger partial charge in [-0.05, 0) is 31.0 Å². The van der Waals surface area contributed by atoms with Crippen molar-refractivity contribution in [2.75, 3.05) is 0 Å². The molecule has 0 aliphatic heterocycles. The second-order valence-electron chi connectivity index (χ2n) is 4.31. The summed E-state index contributed by atoms with van der Waals surface area (Å²) in [5, 5.41) is 0. The van der Waals surface area contributed by atoms with Crippen LogP contribution in [0.25, 0.3) is 0 Å². The summed E-state index contributed by atoms with van der Waals surface area (Å²) in [5.74, 6) is -1.73. The van der Waals surface area contributed by atoms with Gasteiger partial charge >= 0.3 is 0 Å². The van der Waals surface area contributed by atoms with E-state index in [1.165, 1.54) is 19.1 Å². The van der Waals surface area contributed by atoms with E-state index < -0.39 is 17.7 Å². The minimum Gasteiger partial charge on any atom is -0.320 e. The fraction of sp³-hybridized carbons (Fsp3) is 0.214. The van der Waals surface area contributed by atoms with Crippen molar-refractivity contribution in [1.82, 2.24) is 4.98 Å². The fourth-order valence-corrected chi connectivity index (χ4v) is 1.74. The molecule has 1 unspecified atom stereocenters. The molecule has 4 heteroatoms. The molecule has 0 saturated heterocycles. The lowest BCUT2D eigenvalue weighted by Crippen LogP contribution is -2.15. The Morgan fingerprint density at radius 3 is 2.39 bits per heavy atom. The van der Waals surface area contributed by atoms with Crippen LogP contribution in [0.15, 0.2) is 30.5 Å². The molecule has 1 heterocycles. The zero-order valence-electron chi connectivity index (χ0n) is 10.2. The third-order valence-corrected chi connectivity index (χ3v) is 2.93. The lowest BCUT2D eigenvalue weighted by molar-refractivity contribution is 0.489. The van der Waals surface area contributed by atoms with Crippen LogP contribution in [-0.4, -0.2) is 4.98 Å². The Balaban J connectivity index is 2.43. The summed E-state index contributed by atoms with van der Waals surface area (Å²) in [4.78, 5) is 4.10. The van der Waals surface area contributed by atoms with Crippen LogP contribution in [0, 0.1) is 25.5 Å². The fourth-order valence-electron chi connectivity index (χ4n) is 1.74. The second kappa shape index (κ2) is 4.82. The van der Waals surface area contributed by atoms with E-state index in [0.717, 1.165) is 5.69 Å². The monoisotopic (exact) mass is 248 g/mol. The van der Waals surface area contributed by atoms with Crippen LogP contribution >= 0.6 is 0 Å². The number of nitrogens with zero attached hydrogens (tertiary/aromatic N) is 1. The average molecular weight is 248 g/mol. The predicted molar refractivity (Wildman–Crippen MR) is 66.1 cm³/mol. The molecule has 2 N–H and O–H groups in total. The zero-order chi connectivity index (χ0) is 13.3. The number of rotatable bonds is 2. The molecule has 1 aromatic carbocycles. The maximum absolute atomic E-state index is 13.8. The summed E-state index contributed by atoms with van der Waals surface area (Å²) >= 11 is 0. The zero-order valence-corrected chi connectivity index (χ0v) is 10.2. The Bertz CT molecular complexity index is 565. The molecule has 0 saturated carbocycles. The van der Waals surface area contributed by atoms with Crippen LogP contribution in [0.5, 0.6) is 0 Å². The summed E-state index contributed by atoms with van der Waals surface area (Å²) in [6, 6.07) is 5.88. The van der Waals surface area contributed by atoms with Gasteiger partial charge in [-0.25, -0.2) is 8.78 Å². The number of hydrogen-bond donors (Lipinski definition) is 1. The van der Waals surface area contributed by atoms with Crippen molar-refractivity contribution >= 4 is 0 Å². The number of benzene rings is 1. The van der Waals surface area contributed by atoms with E-state index in [1.807, 2.05) is 6.92 Å². The summed E-state index contributed by atoms with van der Waals surface area (Å²) in [7, 11) is 0. The van der Waals surface area contributed by atoms with Crippen LogP contribution in [0.4, 0.5) is 8.78 Å². The largest absolute Gasteiger partial charge is 0.320 e. The molecule has 0 fully saturated rings. The maximum atomic E-state index is 13.8. The average Bonchev–Trinajstić information content (AvgIpc) is 2.36. The maximum Gasteiger partial charge on any atom is 0.164 e. The highest BCUT2D eigenvalue weighted by Gasteiger charge is 2.18. The van der Waals surface area contributed by atoms with Crippen molar-refractivity contribution in [3.63, 3.8) is 0 Å². The van der Waals surface area contributed by atoms with Crippen LogP contribution in [0.3, 0.4) is 0 Å². The van der Waals surface area contributed by atoms with E-state index in [0.29, 0.717) is 5.56 Å². The second-order valence-corrected chi connectivity index (χ2v) is 4.31. The van der Waals surface area contributed by atoms with Gasteiger partial charge in [0.25, 0.3) is 0 Å². The van der Waals surface area contributed by atoms with Crippen LogP contribution in [-0.2, 0) is 0 Å². The highest BCUT2D eigenvalue weighted by molar-refractivity contribution is 5.34. The van der Waals surface area contributed by atoms with Gasteiger partial charge in [-0.1, -0.05) is 18.2 Å². The quantitative estimate of drug-likeness (QED) is 0.887. The molecule has 0 amide bonds. The SMILES string of the molecule is Cc1ccc(C(N)c2ccc(C)c(F)c2F)cn1. The molecule has 18 heavy (non-hydrogen) atoms. The van der Waals surface area contributed by atoms with Crippen LogP contribution < -0.4 is 5.73 Å². The molecule has 1 atom stereocenters. The summed E-state index contributed by atoms with van der Waals surface area (Å²) in [6.07, 6.45) is 1.58. The Morgan fingerprint density at radius 1 is 1.06 bits per heavy atom. The topological polar surface area (TPSA) is 38.9 Å². The molecule has 1 aromatic heterocycles. The van der Waals surface area contributed by atoms with E-state index in [-0.39, 0.29) is 11.1 Å². The van der Waals surface area contributed by atoms with Crippen molar-refractivity contribution in [2.45, 2.75) is 19.9 Å². The first-order chi connectivity index (χ1) is 8.50. The minimum absolute atomic E-state index is 0.142. The molecule has 0 radical (unpaired) electrons. The molecule has 0 bridgehead atoms. The molecule has 2 nitrogen and oxygen atoms in total. The number of halogens is 2. The van der Waals surface area contributed by atoms with Gasteiger partial charge in [-0.3, -0.25) is 4.98 Å². The van der Waals surface area contributed by atoms with Gasteiger partial charge in [0.1, 0.15) is 0 Å². The molecule has 0 aliphatic rings. The number of aryl methyl sites for hydroxylation is 2. The third kappa shape index (κ3) is 2.24. The van der Waals surface area contributed by atoms with E-state index in [9.17, 15) is 8.78 Å². The Morgan fingerprint density at radius 2 is 1.78 bits per heavy atom. The molecule has 2 rings (SSSR count). The van der Waals surface area contributed by atoms with Gasteiger partial charge < -0.3 is 5.73 Å². The minimum atomic E-state index is -0.886. The molecule has 2 aromatic rings. The van der Waals surface area contributed by atoms with Gasteiger partial charge in [0.15, 0.2) is 11.6 Å². The molecular weight excluding hydrogens is 234 g/mol. The van der Waals surface area contributed by atoms with Crippen molar-refractivity contribution in [2.24, 2.45) is 5.73 Å². The molecule has 94 valence electrons. The number of nitrogens with two attached hydrogens (primary N) is 1. The molecular formula is C14H14F2N2. The summed E-state index contributed by atoms with van der Waals surface area (Å²) in [6.45, 7) is 3.36. The van der Waals surface area contributed by atoms with E-state index in [1.54, 1.807) is 18.3 Å². The first-order valence-electron chi connectivity index (χ1n) is 5.63. The van der Waals surface area contributed by atoms with Gasteiger partial charge in [0.2, 0.25) is 0 Å². The summed E-state index contributed by atoms with van der Waals surface area (Å²) in [5.41, 5.74) is 7.85. The third-order valence-electron chi connectivity index (χ3n) is 2.93.